The van der Waals surface area contributed by atoms with Crippen LogP contribution in [0.5, 0.6) is 0 Å². The Balaban J connectivity index is 0.000000143. The molecule has 15 nitrogen and oxygen atoms in total. The summed E-state index contributed by atoms with van der Waals surface area (Å²) >= 11 is 0. The molecule has 1 aliphatic heterocycles. The Morgan fingerprint density at radius 2 is 1.11 bits per heavy atom. The molecule has 13 aliphatic rings. The summed E-state index contributed by atoms with van der Waals surface area (Å²) in [4.78, 5) is 86.4. The maximum Gasteiger partial charge on any atom is 0.306 e. The number of allylic oxidation sites excluding steroid dienone is 12. The van der Waals surface area contributed by atoms with Crippen molar-refractivity contribution in [2.75, 3.05) is 13.2 Å². The molecule has 512 valence electrons. The first kappa shape index (κ1) is 69.6. The molecular formula is C73H95F5O15. The molecule has 0 aromatic rings. The second-order valence-corrected chi connectivity index (χ2v) is 32.1. The van der Waals surface area contributed by atoms with E-state index >= 15 is 22.0 Å². The molecule has 5 N–H and O–H groups in total. The van der Waals surface area contributed by atoms with E-state index in [1.807, 2.05) is 34.6 Å². The summed E-state index contributed by atoms with van der Waals surface area (Å²) in [6, 6.07) is 0. The average molecular weight is 1310 g/mol. The van der Waals surface area contributed by atoms with Crippen molar-refractivity contribution in [1.82, 2.24) is 0 Å². The topological polar surface area (TPSA) is 248 Å². The number of ketones is 6. The minimum Gasteiger partial charge on any atom is -0.458 e. The highest BCUT2D eigenvalue weighted by molar-refractivity contribution is 6.03. The Morgan fingerprint density at radius 1 is 0.634 bits per heavy atom. The summed E-state index contributed by atoms with van der Waals surface area (Å²) in [5, 5.41) is 54.7. The molecule has 20 heteroatoms. The predicted octanol–water partition coefficient (Wildman–Crippen LogP) is 9.76. The Labute approximate surface area is 541 Å². The van der Waals surface area contributed by atoms with Crippen molar-refractivity contribution < 1.29 is 95.3 Å². The number of fused-ring (bicyclic) bond motifs is 17. The van der Waals surface area contributed by atoms with E-state index in [-0.39, 0.29) is 110 Å². The van der Waals surface area contributed by atoms with Crippen molar-refractivity contribution in [3.05, 3.63) is 71.4 Å². The fourth-order valence-electron chi connectivity index (χ4n) is 23.0. The fourth-order valence-corrected chi connectivity index (χ4v) is 23.0. The molecule has 9 saturated carbocycles. The zero-order valence-electron chi connectivity index (χ0n) is 55.7. The summed E-state index contributed by atoms with van der Waals surface area (Å²) in [5.74, 6) is -7.39. The number of alkyl halides is 5. The van der Waals surface area contributed by atoms with E-state index in [0.717, 1.165) is 18.1 Å². The van der Waals surface area contributed by atoms with E-state index in [0.29, 0.717) is 32.1 Å². The monoisotopic (exact) mass is 1310 g/mol. The van der Waals surface area contributed by atoms with E-state index in [1.165, 1.54) is 56.4 Å². The number of aliphatic hydroxyl groups is 5. The van der Waals surface area contributed by atoms with E-state index in [9.17, 15) is 59.1 Å². The lowest BCUT2D eigenvalue weighted by Gasteiger charge is -2.63. The van der Waals surface area contributed by atoms with Gasteiger partial charge in [-0.2, -0.15) is 0 Å². The Morgan fingerprint density at radius 3 is 1.61 bits per heavy atom. The first-order chi connectivity index (χ1) is 43.1. The van der Waals surface area contributed by atoms with E-state index in [4.69, 9.17) is 14.2 Å². The normalized spacial score (nSPS) is 50.5. The van der Waals surface area contributed by atoms with Crippen LogP contribution in [0.1, 0.15) is 167 Å². The number of hydrogen-bond donors (Lipinski definition) is 5. The standard InChI is InChI=1S/C27H36F2O5.C24H30F2O6.C22H29FO4/c1-5-6-7-23(33)34-14-21(31)24-15(2)10-17-18-12-20(28)19-11-16(30)8-9-26(19,4)27(18,29)22(32)13-25(17,24)3;1-20(2)31-19-9-13-14-8-16(25)15-7-12(28)5-6-21(15,3)23(14,26)17(29)10-22(13,4)24(19,32-20)18(30)11-27;1-12-9-17-15-6-8-21(27,13(2)24)20(15,4)11-18(26)22(17,23)19(3)7-5-14(25)10-16(12)19/h8-9,11,15,17-18,20,22,24,32H,5-7,10,12-14H2,1-4H3;5-7,13-14,16-17,19,27,29H,8-11H2,1-4H3;5,7,10,12,15,17-18,26-27H,6,8-9,11H2,1-4H3/t15-,17+,18+,20+,22+,24-,25+,26+,27+;13-,14-,16-,17-,19+,21-,22-,23-,24+;12-,15-,17-,18-,19-,20-,21-,22-/m100/s1. The van der Waals surface area contributed by atoms with Gasteiger partial charge >= 0.3 is 5.97 Å². The van der Waals surface area contributed by atoms with Gasteiger partial charge in [0, 0.05) is 57.2 Å². The molecule has 0 aromatic heterocycles. The van der Waals surface area contributed by atoms with Crippen LogP contribution in [-0.4, -0.2) is 150 Å². The van der Waals surface area contributed by atoms with Crippen molar-refractivity contribution in [2.24, 2.45) is 85.8 Å². The number of ether oxygens (including phenoxy) is 3. The van der Waals surface area contributed by atoms with Crippen LogP contribution >= 0.6 is 0 Å². The number of carbonyl (C=O) groups excluding carboxylic acids is 7. The van der Waals surface area contributed by atoms with Crippen LogP contribution in [-0.2, 0) is 47.8 Å². The van der Waals surface area contributed by atoms with Crippen molar-refractivity contribution in [3.8, 4) is 0 Å². The minimum absolute atomic E-state index is 0.00153. The molecule has 10 fully saturated rings. The van der Waals surface area contributed by atoms with E-state index < -0.39 is 157 Å². The van der Waals surface area contributed by atoms with Gasteiger partial charge in [-0.05, 0) is 195 Å². The molecule has 0 radical (unpaired) electrons. The third-order valence-electron chi connectivity index (χ3n) is 27.3. The number of aliphatic hydroxyl groups excluding tert-OH is 4. The predicted molar refractivity (Wildman–Crippen MR) is 330 cm³/mol. The lowest BCUT2D eigenvalue weighted by atomic mass is 9.43. The zero-order valence-corrected chi connectivity index (χ0v) is 55.7. The highest BCUT2D eigenvalue weighted by Gasteiger charge is 2.82. The number of esters is 1. The number of Topliss-reactive ketones (excluding diaryl/α,β-unsaturated/α-hetero) is 3. The van der Waals surface area contributed by atoms with Gasteiger partial charge in [0.2, 0.25) is 0 Å². The van der Waals surface area contributed by atoms with Gasteiger partial charge in [-0.15, -0.1) is 0 Å². The van der Waals surface area contributed by atoms with Crippen LogP contribution in [0.3, 0.4) is 0 Å². The van der Waals surface area contributed by atoms with Gasteiger partial charge < -0.3 is 39.7 Å². The summed E-state index contributed by atoms with van der Waals surface area (Å²) in [6.07, 6.45) is 7.73. The van der Waals surface area contributed by atoms with Gasteiger partial charge in [-0.3, -0.25) is 33.6 Å². The molecule has 93 heavy (non-hydrogen) atoms. The van der Waals surface area contributed by atoms with Gasteiger partial charge in [0.15, 0.2) is 63.1 Å². The molecular weight excluding hydrogens is 1210 g/mol. The second kappa shape index (κ2) is 22.7. The molecule has 0 amide bonds. The van der Waals surface area contributed by atoms with Crippen LogP contribution in [0.4, 0.5) is 22.0 Å². The quantitative estimate of drug-likeness (QED) is 0.106. The molecule has 0 spiro atoms. The van der Waals surface area contributed by atoms with Crippen molar-refractivity contribution >= 4 is 40.7 Å². The highest BCUT2D eigenvalue weighted by Crippen LogP contribution is 2.75. The third kappa shape index (κ3) is 9.30. The number of rotatable bonds is 9. The molecule has 0 bridgehead atoms. The van der Waals surface area contributed by atoms with Crippen molar-refractivity contribution in [2.45, 2.75) is 237 Å². The zero-order chi connectivity index (χ0) is 68.5. The molecule has 1 saturated heterocycles. The maximum atomic E-state index is 17.1. The van der Waals surface area contributed by atoms with Crippen LogP contribution in [0.2, 0.25) is 0 Å². The minimum atomic E-state index is -2.24. The number of hydrogen-bond acceptors (Lipinski definition) is 15. The third-order valence-corrected chi connectivity index (χ3v) is 27.3. The van der Waals surface area contributed by atoms with Crippen LogP contribution in [0.15, 0.2) is 71.4 Å². The Kier molecular flexibility index (Phi) is 17.0. The Bertz CT molecular complexity index is 3370. The van der Waals surface area contributed by atoms with Crippen molar-refractivity contribution in [3.63, 3.8) is 0 Å². The first-order valence-corrected chi connectivity index (χ1v) is 33.8. The highest BCUT2D eigenvalue weighted by atomic mass is 19.2. The second-order valence-electron chi connectivity index (χ2n) is 32.1. The van der Waals surface area contributed by atoms with Crippen LogP contribution < -0.4 is 0 Å². The summed E-state index contributed by atoms with van der Waals surface area (Å²) in [5.41, 5.74) is -15.1. The number of halogens is 5. The molecule has 13 rings (SSSR count). The smallest absolute Gasteiger partial charge is 0.306 e. The summed E-state index contributed by atoms with van der Waals surface area (Å²) < 4.78 is 99.4. The molecule has 12 aliphatic carbocycles. The van der Waals surface area contributed by atoms with Gasteiger partial charge in [0.25, 0.3) is 0 Å². The molecule has 0 unspecified atom stereocenters. The summed E-state index contributed by atoms with van der Waals surface area (Å²) in [6.45, 7) is 19.9. The van der Waals surface area contributed by atoms with Crippen LogP contribution in [0.25, 0.3) is 0 Å². The van der Waals surface area contributed by atoms with E-state index in [1.54, 1.807) is 40.7 Å². The Hall–Kier alpha value is -4.70. The number of unbranched alkanes of at least 4 members (excludes halogenated alkanes) is 1. The lowest BCUT2D eigenvalue weighted by Crippen LogP contribution is -2.71. The maximum absolute atomic E-state index is 17.1. The van der Waals surface area contributed by atoms with Crippen molar-refractivity contribution in [1.29, 1.82) is 0 Å². The number of carbonyl (C=O) groups is 7. The lowest BCUT2D eigenvalue weighted by molar-refractivity contribution is -0.248. The SMILES string of the molecule is CC(=O)[C@@]1(O)CC[C@H]2[C@@H]3C[C@H](C)C4=CC(=O)C=C[C@]4(C)[C@@]3(F)[C@@H](O)C[C@@]21C.CC1(C)O[C@@H]2C[C@H]3[C@@H]4C[C@H](F)C5=CC(=O)C=C[C@]5(C)[C@@]4(F)[C@@H](O)C[C@]3(C)[C@]2(C(=O)CO)O1.CCCCC(=O)OCC(=O)[C@H]1[C@H](C)C[C@H]2[C@@H]3C[C@H](F)C4=CC(=O)C=C[C@]4(C)[C@@]3(F)[C@@H](O)C[C@@]21C. The van der Waals surface area contributed by atoms with Crippen LogP contribution in [0, 0.1) is 85.8 Å². The van der Waals surface area contributed by atoms with Gasteiger partial charge in [-0.1, -0.05) is 71.8 Å². The van der Waals surface area contributed by atoms with E-state index in [2.05, 4.69) is 0 Å². The largest absolute Gasteiger partial charge is 0.458 e. The van der Waals surface area contributed by atoms with Gasteiger partial charge in [0.1, 0.15) is 31.2 Å². The molecule has 0 aromatic carbocycles. The van der Waals surface area contributed by atoms with Gasteiger partial charge in [0.05, 0.1) is 24.4 Å². The molecule has 26 atom stereocenters. The van der Waals surface area contributed by atoms with Gasteiger partial charge in [-0.25, -0.2) is 22.0 Å². The summed E-state index contributed by atoms with van der Waals surface area (Å²) in [7, 11) is 0. The average Bonchev–Trinajstić information content (AvgIpc) is 1.61. The first-order valence-electron chi connectivity index (χ1n) is 33.8. The molecule has 1 heterocycles. The fraction of sp³-hybridized carbons (Fsp3) is 0.740.